The van der Waals surface area contributed by atoms with Crippen LogP contribution in [0.4, 0.5) is 4.39 Å². The first-order valence-corrected chi connectivity index (χ1v) is 9.90. The van der Waals surface area contributed by atoms with Gasteiger partial charge >= 0.3 is 0 Å². The van der Waals surface area contributed by atoms with E-state index < -0.39 is 0 Å². The van der Waals surface area contributed by atoms with Crippen LogP contribution >= 0.6 is 11.6 Å². The smallest absolute Gasteiger partial charge is 0.234 e. The van der Waals surface area contributed by atoms with Crippen molar-refractivity contribution in [3.8, 4) is 0 Å². The highest BCUT2D eigenvalue weighted by Crippen LogP contribution is 2.39. The van der Waals surface area contributed by atoms with Crippen molar-refractivity contribution in [2.24, 2.45) is 5.92 Å². The normalized spacial score (nSPS) is 16.4. The number of benzene rings is 2. The summed E-state index contributed by atoms with van der Waals surface area (Å²) in [4.78, 5) is 4.64. The lowest BCUT2D eigenvalue weighted by atomic mass is 9.76. The van der Waals surface area contributed by atoms with Crippen LogP contribution < -0.4 is 0 Å². The van der Waals surface area contributed by atoms with E-state index >= 15 is 0 Å². The minimum atomic E-state index is -0.347. The molecule has 1 heterocycles. The van der Waals surface area contributed by atoms with Crippen LogP contribution in [0.2, 0.25) is 5.02 Å². The average Bonchev–Trinajstić information content (AvgIpc) is 3.15. The van der Waals surface area contributed by atoms with Gasteiger partial charge in [-0.25, -0.2) is 4.39 Å². The molecule has 0 spiro atoms. The van der Waals surface area contributed by atoms with Crippen molar-refractivity contribution in [2.75, 3.05) is 0 Å². The molecule has 1 fully saturated rings. The molecule has 1 saturated carbocycles. The van der Waals surface area contributed by atoms with Gasteiger partial charge in [-0.2, -0.15) is 4.98 Å². The van der Waals surface area contributed by atoms with Crippen LogP contribution in [0, 0.1) is 11.7 Å². The second-order valence-electron chi connectivity index (χ2n) is 7.21. The Labute approximate surface area is 163 Å². The van der Waals surface area contributed by atoms with Gasteiger partial charge in [0.25, 0.3) is 0 Å². The minimum Gasteiger partial charge on any atom is -0.339 e. The average molecular weight is 385 g/mol. The summed E-state index contributed by atoms with van der Waals surface area (Å²) in [6.45, 7) is 0. The van der Waals surface area contributed by atoms with Crippen molar-refractivity contribution in [2.45, 2.75) is 44.4 Å². The summed E-state index contributed by atoms with van der Waals surface area (Å²) < 4.78 is 19.7. The van der Waals surface area contributed by atoms with E-state index in [1.807, 2.05) is 18.2 Å². The lowest BCUT2D eigenvalue weighted by Gasteiger charge is -2.28. The van der Waals surface area contributed by atoms with Gasteiger partial charge in [0.2, 0.25) is 5.89 Å². The van der Waals surface area contributed by atoms with Crippen molar-refractivity contribution in [3.05, 3.63) is 82.2 Å². The Morgan fingerprint density at radius 2 is 1.81 bits per heavy atom. The topological polar surface area (TPSA) is 38.9 Å². The molecule has 0 saturated heterocycles. The van der Waals surface area contributed by atoms with Gasteiger partial charge in [-0.3, -0.25) is 0 Å². The first kappa shape index (κ1) is 18.2. The third-order valence-corrected chi connectivity index (χ3v) is 5.78. The summed E-state index contributed by atoms with van der Waals surface area (Å²) in [6.07, 6.45) is 6.31. The highest BCUT2D eigenvalue weighted by Gasteiger charge is 2.31. The minimum absolute atomic E-state index is 0.0869. The second kappa shape index (κ2) is 8.22. The molecule has 5 heteroatoms. The number of nitrogens with zero attached hydrogens (tertiary/aromatic N) is 2. The highest BCUT2D eigenvalue weighted by atomic mass is 35.5. The maximum Gasteiger partial charge on any atom is 0.234 e. The SMILES string of the molecule is Fc1cccc(Cl)c1Cc1noc([C@H](c2ccccc2)C2CCCCC2)n1. The maximum atomic E-state index is 14.1. The number of hydrogen-bond acceptors (Lipinski definition) is 3. The monoisotopic (exact) mass is 384 g/mol. The molecule has 2 aromatic carbocycles. The van der Waals surface area contributed by atoms with E-state index in [1.54, 1.807) is 12.1 Å². The van der Waals surface area contributed by atoms with Gasteiger partial charge in [-0.05, 0) is 36.5 Å². The second-order valence-corrected chi connectivity index (χ2v) is 7.62. The zero-order chi connectivity index (χ0) is 18.6. The fraction of sp³-hybridized carbons (Fsp3) is 0.364. The molecular formula is C22H22ClFN2O. The van der Waals surface area contributed by atoms with Crippen LogP contribution in [-0.4, -0.2) is 10.1 Å². The van der Waals surface area contributed by atoms with Gasteiger partial charge in [-0.1, -0.05) is 72.4 Å². The molecule has 1 aliphatic carbocycles. The summed E-state index contributed by atoms with van der Waals surface area (Å²) in [7, 11) is 0. The third kappa shape index (κ3) is 4.06. The molecule has 0 N–H and O–H groups in total. The van der Waals surface area contributed by atoms with Crippen molar-refractivity contribution in [1.29, 1.82) is 0 Å². The lowest BCUT2D eigenvalue weighted by Crippen LogP contribution is -2.18. The number of hydrogen-bond donors (Lipinski definition) is 0. The Balaban J connectivity index is 1.63. The molecule has 0 bridgehead atoms. The van der Waals surface area contributed by atoms with Crippen LogP contribution in [0.1, 0.15) is 60.9 Å². The van der Waals surface area contributed by atoms with Gasteiger partial charge in [0.05, 0.1) is 5.92 Å². The molecule has 0 aliphatic heterocycles. The van der Waals surface area contributed by atoms with Gasteiger partial charge < -0.3 is 4.52 Å². The molecule has 1 atom stereocenters. The van der Waals surface area contributed by atoms with Crippen LogP contribution in [-0.2, 0) is 6.42 Å². The Bertz CT molecular complexity index is 870. The van der Waals surface area contributed by atoms with Gasteiger partial charge in [-0.15, -0.1) is 0 Å². The molecule has 3 aromatic rings. The Hall–Kier alpha value is -2.20. The molecule has 0 radical (unpaired) electrons. The van der Waals surface area contributed by atoms with Crippen LogP contribution in [0.5, 0.6) is 0 Å². The van der Waals surface area contributed by atoms with Crippen molar-refractivity contribution >= 4 is 11.6 Å². The third-order valence-electron chi connectivity index (χ3n) is 5.43. The quantitative estimate of drug-likeness (QED) is 0.528. The van der Waals surface area contributed by atoms with E-state index in [9.17, 15) is 4.39 Å². The summed E-state index contributed by atoms with van der Waals surface area (Å²) in [5, 5.41) is 4.51. The Morgan fingerprint density at radius 3 is 2.56 bits per heavy atom. The molecule has 3 nitrogen and oxygen atoms in total. The highest BCUT2D eigenvalue weighted by molar-refractivity contribution is 6.31. The Morgan fingerprint density at radius 1 is 1.04 bits per heavy atom. The number of halogens is 2. The van der Waals surface area contributed by atoms with E-state index in [0.29, 0.717) is 28.2 Å². The summed E-state index contributed by atoms with van der Waals surface area (Å²) in [5.74, 6) is 1.32. The molecular weight excluding hydrogens is 363 g/mol. The first-order valence-electron chi connectivity index (χ1n) is 9.52. The maximum absolute atomic E-state index is 14.1. The van der Waals surface area contributed by atoms with E-state index in [4.69, 9.17) is 16.1 Å². The van der Waals surface area contributed by atoms with Crippen molar-refractivity contribution in [3.63, 3.8) is 0 Å². The number of rotatable bonds is 5. The van der Waals surface area contributed by atoms with Crippen LogP contribution in [0.25, 0.3) is 0 Å². The zero-order valence-electron chi connectivity index (χ0n) is 15.1. The van der Waals surface area contributed by atoms with Gasteiger partial charge in [0.15, 0.2) is 5.82 Å². The van der Waals surface area contributed by atoms with Crippen LogP contribution in [0.15, 0.2) is 53.1 Å². The largest absolute Gasteiger partial charge is 0.339 e. The van der Waals surface area contributed by atoms with Gasteiger partial charge in [0.1, 0.15) is 5.82 Å². The predicted octanol–water partition coefficient (Wildman–Crippen LogP) is 6.17. The fourth-order valence-corrected chi connectivity index (χ4v) is 4.30. The van der Waals surface area contributed by atoms with E-state index in [0.717, 1.165) is 12.8 Å². The summed E-state index contributed by atoms with van der Waals surface area (Å²) in [5.41, 5.74) is 1.60. The van der Waals surface area contributed by atoms with Crippen molar-refractivity contribution < 1.29 is 8.91 Å². The standard InChI is InChI=1S/C22H22ClFN2O/c23-18-12-7-13-19(24)17(18)14-20-25-22(27-26-20)21(15-8-3-1-4-9-15)16-10-5-2-6-11-16/h1,3-4,7-9,12-13,16,21H,2,5-6,10-11,14H2/t21-/m1/s1. The zero-order valence-corrected chi connectivity index (χ0v) is 15.8. The van der Waals surface area contributed by atoms with Gasteiger partial charge in [0, 0.05) is 17.0 Å². The molecule has 4 rings (SSSR count). The molecule has 27 heavy (non-hydrogen) atoms. The fourth-order valence-electron chi connectivity index (χ4n) is 4.07. The molecule has 0 amide bonds. The summed E-state index contributed by atoms with van der Waals surface area (Å²) in [6, 6.07) is 15.0. The predicted molar refractivity (Wildman–Crippen MR) is 103 cm³/mol. The van der Waals surface area contributed by atoms with E-state index in [2.05, 4.69) is 22.3 Å². The Kier molecular flexibility index (Phi) is 5.53. The molecule has 1 aromatic heterocycles. The molecule has 1 aliphatic rings. The molecule has 140 valence electrons. The number of aromatic nitrogens is 2. The first-order chi connectivity index (χ1) is 13.2. The molecule has 0 unspecified atom stereocenters. The van der Waals surface area contributed by atoms with E-state index in [1.165, 1.54) is 30.9 Å². The lowest BCUT2D eigenvalue weighted by molar-refractivity contribution is 0.274. The van der Waals surface area contributed by atoms with E-state index in [-0.39, 0.29) is 18.2 Å². The van der Waals surface area contributed by atoms with Crippen molar-refractivity contribution in [1.82, 2.24) is 10.1 Å². The summed E-state index contributed by atoms with van der Waals surface area (Å²) >= 11 is 6.14. The van der Waals surface area contributed by atoms with Crippen LogP contribution in [0.3, 0.4) is 0 Å².